The number of aryl methyl sites for hydroxylation is 1. The minimum Gasteiger partial charge on any atom is -0.469 e. The fraction of sp³-hybridized carbons (Fsp3) is 0.286. The summed E-state index contributed by atoms with van der Waals surface area (Å²) in [7, 11) is 0. The molecule has 0 aliphatic carbocycles. The number of nitrogens with zero attached hydrogens (tertiary/aromatic N) is 4. The van der Waals surface area contributed by atoms with Crippen molar-refractivity contribution < 1.29 is 58.9 Å². The second-order valence-corrected chi connectivity index (χ2v) is 8.06. The largest absolute Gasteiger partial charge is 2.00 e. The number of hydrogen-bond donors (Lipinski definition) is 1. The summed E-state index contributed by atoms with van der Waals surface area (Å²) in [6, 6.07) is 2.88. The molecule has 0 saturated heterocycles. The summed E-state index contributed by atoms with van der Waals surface area (Å²) in [5, 5.41) is 10.7. The Morgan fingerprint density at radius 1 is 1.23 bits per heavy atom. The van der Waals surface area contributed by atoms with Crippen LogP contribution in [0.5, 0.6) is 10.9 Å². The van der Waals surface area contributed by atoms with Crippen LogP contribution in [-0.4, -0.2) is 52.0 Å². The van der Waals surface area contributed by atoms with Gasteiger partial charge in [-0.05, 0) is 36.5 Å². The molecular formula is C21H20ClF2N5O4SU. The Bertz CT molecular complexity index is 1140. The van der Waals surface area contributed by atoms with Crippen LogP contribution >= 0.6 is 22.9 Å². The van der Waals surface area contributed by atoms with Gasteiger partial charge in [0.1, 0.15) is 5.15 Å². The van der Waals surface area contributed by atoms with Crippen molar-refractivity contribution in [2.75, 3.05) is 18.5 Å². The number of carbonyl (C=O) groups is 1. The zero-order valence-corrected chi connectivity index (χ0v) is 24.2. The third-order valence-corrected chi connectivity index (χ3v) is 5.10. The fourth-order valence-corrected chi connectivity index (χ4v) is 3.48. The number of anilines is 1. The van der Waals surface area contributed by atoms with Crippen LogP contribution in [0.15, 0.2) is 24.5 Å². The van der Waals surface area contributed by atoms with Crippen molar-refractivity contribution in [1.82, 2.24) is 20.2 Å². The van der Waals surface area contributed by atoms with Crippen molar-refractivity contribution in [3.8, 4) is 22.1 Å². The Labute approximate surface area is 233 Å². The standard InChI is InChI=1S/C21H20ClF2N5O4S.U/c1-4-5-31-12(3)10-32-21-29-28-20(34-21)27-18(30)15-8-25-11(2)6-13(15)14-7-17(22)26-9-16(14)33-19(23)24;/h6-9,12,19H,1,3-5,10H2,2H3,(H,27,28,30);/q-2;+2. The molecule has 0 fully saturated rings. The Balaban J connectivity index is 0.00000432. The predicted molar refractivity (Wildman–Crippen MR) is 122 cm³/mol. The average molecular weight is 750 g/mol. The van der Waals surface area contributed by atoms with Gasteiger partial charge in [0.05, 0.1) is 18.4 Å². The van der Waals surface area contributed by atoms with Crippen LogP contribution in [0.3, 0.4) is 0 Å². The number of ether oxygens (including phenoxy) is 3. The zero-order valence-electron chi connectivity index (χ0n) is 18.5. The van der Waals surface area contributed by atoms with E-state index in [0.29, 0.717) is 18.7 Å². The SMILES string of the molecule is [CH2-]CCOC([CH2-])COc1nnc(NC(=O)c2cnc(C)cc2-c2cc(Cl)ncc2OC(F)F)s1.[U+2]. The maximum Gasteiger partial charge on any atom is 2.00 e. The Kier molecular flexibility index (Phi) is 11.7. The summed E-state index contributed by atoms with van der Waals surface area (Å²) in [6.07, 6.45) is 2.57. The molecule has 0 spiro atoms. The second kappa shape index (κ2) is 14.0. The Morgan fingerprint density at radius 3 is 2.71 bits per heavy atom. The van der Waals surface area contributed by atoms with Gasteiger partial charge < -0.3 is 28.1 Å². The number of amides is 1. The summed E-state index contributed by atoms with van der Waals surface area (Å²) >= 11 is 6.96. The van der Waals surface area contributed by atoms with Crippen LogP contribution in [0, 0.1) is 51.9 Å². The van der Waals surface area contributed by atoms with Crippen molar-refractivity contribution in [3.63, 3.8) is 0 Å². The van der Waals surface area contributed by atoms with Crippen molar-refractivity contribution in [2.24, 2.45) is 0 Å². The van der Waals surface area contributed by atoms with E-state index in [2.05, 4.69) is 44.1 Å². The van der Waals surface area contributed by atoms with Gasteiger partial charge in [0.2, 0.25) is 5.13 Å². The number of rotatable bonds is 11. The molecule has 1 atom stereocenters. The summed E-state index contributed by atoms with van der Waals surface area (Å²) in [6.45, 7) is 6.66. The van der Waals surface area contributed by atoms with Gasteiger partial charge >= 0.3 is 37.7 Å². The summed E-state index contributed by atoms with van der Waals surface area (Å²) < 4.78 is 41.2. The third kappa shape index (κ3) is 8.61. The van der Waals surface area contributed by atoms with Gasteiger partial charge in [-0.2, -0.15) is 15.2 Å². The molecule has 0 aromatic carbocycles. The van der Waals surface area contributed by atoms with Gasteiger partial charge in [-0.15, -0.1) is 5.10 Å². The minimum atomic E-state index is -3.09. The minimum absolute atomic E-state index is 0. The summed E-state index contributed by atoms with van der Waals surface area (Å²) in [5.74, 6) is -0.843. The molecule has 3 aromatic heterocycles. The molecule has 1 N–H and O–H groups in total. The molecule has 3 heterocycles. The Hall–Kier alpha value is -1.91. The number of nitrogens with one attached hydrogen (secondary N) is 1. The van der Waals surface area contributed by atoms with E-state index < -0.39 is 18.6 Å². The van der Waals surface area contributed by atoms with Crippen LogP contribution in [0.4, 0.5) is 13.9 Å². The molecule has 3 rings (SSSR count). The average Bonchev–Trinajstić information content (AvgIpc) is 3.24. The van der Waals surface area contributed by atoms with Gasteiger partial charge in [-0.3, -0.25) is 15.1 Å². The molecule has 1 unspecified atom stereocenters. The zero-order chi connectivity index (χ0) is 24.7. The van der Waals surface area contributed by atoms with Crippen LogP contribution in [0.2, 0.25) is 5.15 Å². The van der Waals surface area contributed by atoms with Gasteiger partial charge in [-0.1, -0.05) is 16.7 Å². The van der Waals surface area contributed by atoms with E-state index in [-0.39, 0.29) is 75.6 Å². The topological polar surface area (TPSA) is 108 Å². The van der Waals surface area contributed by atoms with Crippen LogP contribution in [0.1, 0.15) is 22.5 Å². The van der Waals surface area contributed by atoms with E-state index in [1.807, 2.05) is 0 Å². The molecule has 0 saturated carbocycles. The van der Waals surface area contributed by atoms with Crippen LogP contribution in [-0.2, 0) is 4.74 Å². The first-order chi connectivity index (χ1) is 16.3. The van der Waals surface area contributed by atoms with Gasteiger partial charge in [0, 0.05) is 29.6 Å². The molecule has 14 heteroatoms. The van der Waals surface area contributed by atoms with Crippen LogP contribution < -0.4 is 14.8 Å². The second-order valence-electron chi connectivity index (χ2n) is 6.74. The van der Waals surface area contributed by atoms with Gasteiger partial charge in [-0.25, -0.2) is 4.98 Å². The normalized spacial score (nSPS) is 11.6. The van der Waals surface area contributed by atoms with E-state index in [9.17, 15) is 13.6 Å². The van der Waals surface area contributed by atoms with E-state index in [0.717, 1.165) is 17.5 Å². The number of alkyl halides is 2. The quantitative estimate of drug-likeness (QED) is 0.224. The van der Waals surface area contributed by atoms with E-state index in [1.54, 1.807) is 13.0 Å². The summed E-state index contributed by atoms with van der Waals surface area (Å²) in [4.78, 5) is 20.9. The molecule has 9 nitrogen and oxygen atoms in total. The van der Waals surface area contributed by atoms with Crippen molar-refractivity contribution >= 4 is 34.0 Å². The van der Waals surface area contributed by atoms with Crippen molar-refractivity contribution in [3.05, 3.63) is 54.8 Å². The number of aromatic nitrogens is 4. The van der Waals surface area contributed by atoms with Crippen molar-refractivity contribution in [2.45, 2.75) is 26.1 Å². The molecule has 0 radical (unpaired) electrons. The van der Waals surface area contributed by atoms with Crippen LogP contribution in [0.25, 0.3) is 11.1 Å². The first kappa shape index (κ1) is 29.3. The first-order valence-electron chi connectivity index (χ1n) is 9.85. The third-order valence-electron chi connectivity index (χ3n) is 4.14. The van der Waals surface area contributed by atoms with Crippen molar-refractivity contribution in [1.29, 1.82) is 0 Å². The maximum atomic E-state index is 13.0. The number of halogens is 3. The molecule has 0 aliphatic heterocycles. The van der Waals surface area contributed by atoms with Gasteiger partial charge in [0.25, 0.3) is 11.1 Å². The number of pyridine rings is 2. The monoisotopic (exact) mass is 749 g/mol. The molecule has 0 bridgehead atoms. The van der Waals surface area contributed by atoms with E-state index in [4.69, 9.17) is 21.1 Å². The maximum absolute atomic E-state index is 13.0. The fourth-order valence-electron chi connectivity index (χ4n) is 2.73. The molecule has 3 aromatic rings. The summed E-state index contributed by atoms with van der Waals surface area (Å²) in [5.41, 5.74) is 1.04. The molecule has 1 amide bonds. The molecule has 0 aliphatic rings. The molecular weight excluding hydrogens is 730 g/mol. The number of hydrogen-bond acceptors (Lipinski definition) is 9. The first-order valence-corrected chi connectivity index (χ1v) is 11.0. The number of carbonyl (C=O) groups excluding carboxylic acids is 1. The molecule has 35 heavy (non-hydrogen) atoms. The van der Waals surface area contributed by atoms with Gasteiger partial charge in [0.15, 0.2) is 5.75 Å². The van der Waals surface area contributed by atoms with E-state index >= 15 is 0 Å². The smallest absolute Gasteiger partial charge is 0.469 e. The Morgan fingerprint density at radius 2 is 2.00 bits per heavy atom. The van der Waals surface area contributed by atoms with E-state index in [1.165, 1.54) is 12.3 Å². The predicted octanol–water partition coefficient (Wildman–Crippen LogP) is 4.63. The molecule has 184 valence electrons.